The van der Waals surface area contributed by atoms with Crippen LogP contribution >= 0.6 is 12.2 Å². The van der Waals surface area contributed by atoms with Crippen LogP contribution < -0.4 is 4.90 Å². The first-order valence-electron chi connectivity index (χ1n) is 8.50. The fraction of sp³-hybridized carbons (Fsp3) is 0.211. The number of hydrogen-bond acceptors (Lipinski definition) is 5. The maximum absolute atomic E-state index is 5.29. The second kappa shape index (κ2) is 8.44. The lowest BCUT2D eigenvalue weighted by Gasteiger charge is -2.20. The molecule has 0 saturated carbocycles. The Kier molecular flexibility index (Phi) is 5.80. The Hall–Kier alpha value is -2.93. The van der Waals surface area contributed by atoms with Crippen molar-refractivity contribution in [3.63, 3.8) is 0 Å². The molecule has 0 aliphatic rings. The maximum Gasteiger partial charge on any atom is 0.216 e. The quantitative estimate of drug-likeness (QED) is 0.490. The van der Waals surface area contributed by atoms with Crippen molar-refractivity contribution in [2.45, 2.75) is 13.8 Å². The SMILES string of the molecule is CCN(CC)c1ccc(-c2n[nH]c(=S)n2N=CC=Cc2ccco2)cc1. The zero-order valence-electron chi connectivity index (χ0n) is 14.8. The van der Waals surface area contributed by atoms with Crippen molar-refractivity contribution >= 4 is 30.2 Å². The first kappa shape index (κ1) is 17.9. The van der Waals surface area contributed by atoms with Gasteiger partial charge in [0.25, 0.3) is 0 Å². The molecule has 26 heavy (non-hydrogen) atoms. The first-order chi connectivity index (χ1) is 12.7. The molecule has 0 saturated heterocycles. The highest BCUT2D eigenvalue weighted by Crippen LogP contribution is 2.22. The van der Waals surface area contributed by atoms with E-state index in [4.69, 9.17) is 16.6 Å². The Morgan fingerprint density at radius 2 is 2.00 bits per heavy atom. The zero-order valence-corrected chi connectivity index (χ0v) is 15.6. The van der Waals surface area contributed by atoms with Crippen molar-refractivity contribution in [3.05, 3.63) is 59.3 Å². The van der Waals surface area contributed by atoms with Crippen molar-refractivity contribution in [3.8, 4) is 11.4 Å². The number of anilines is 1. The van der Waals surface area contributed by atoms with E-state index in [0.29, 0.717) is 10.6 Å². The fourth-order valence-electron chi connectivity index (χ4n) is 2.62. The largest absolute Gasteiger partial charge is 0.465 e. The molecule has 0 atom stereocenters. The first-order valence-corrected chi connectivity index (χ1v) is 8.91. The summed E-state index contributed by atoms with van der Waals surface area (Å²) in [6, 6.07) is 11.9. The van der Waals surface area contributed by atoms with Crippen LogP contribution in [0.3, 0.4) is 0 Å². The van der Waals surface area contributed by atoms with Crippen molar-refractivity contribution in [1.29, 1.82) is 0 Å². The van der Waals surface area contributed by atoms with E-state index in [1.54, 1.807) is 23.2 Å². The number of nitrogens with zero attached hydrogens (tertiary/aromatic N) is 4. The number of furan rings is 1. The highest BCUT2D eigenvalue weighted by Gasteiger charge is 2.09. The van der Waals surface area contributed by atoms with Gasteiger partial charge in [0, 0.05) is 30.6 Å². The number of H-pyrrole nitrogens is 1. The Morgan fingerprint density at radius 1 is 1.23 bits per heavy atom. The molecule has 1 aromatic carbocycles. The molecule has 3 rings (SSSR count). The van der Waals surface area contributed by atoms with Crippen molar-refractivity contribution in [1.82, 2.24) is 14.9 Å². The predicted molar refractivity (Wildman–Crippen MR) is 108 cm³/mol. The van der Waals surface area contributed by atoms with Crippen molar-refractivity contribution < 1.29 is 4.42 Å². The fourth-order valence-corrected chi connectivity index (χ4v) is 2.80. The van der Waals surface area contributed by atoms with E-state index in [2.05, 4.69) is 46.2 Å². The van der Waals surface area contributed by atoms with Crippen LogP contribution in [0.15, 0.2) is 58.3 Å². The van der Waals surface area contributed by atoms with Gasteiger partial charge in [-0.3, -0.25) is 0 Å². The van der Waals surface area contributed by atoms with Gasteiger partial charge in [-0.15, -0.1) is 0 Å². The number of aromatic nitrogens is 3. The van der Waals surface area contributed by atoms with Crippen LogP contribution in [0, 0.1) is 4.77 Å². The third-order valence-corrected chi connectivity index (χ3v) is 4.24. The summed E-state index contributed by atoms with van der Waals surface area (Å²) in [6.07, 6.45) is 6.90. The van der Waals surface area contributed by atoms with E-state index in [-0.39, 0.29) is 0 Å². The minimum Gasteiger partial charge on any atom is -0.465 e. The zero-order chi connectivity index (χ0) is 18.4. The van der Waals surface area contributed by atoms with Crippen LogP contribution in [0.5, 0.6) is 0 Å². The number of allylic oxidation sites excluding steroid dienone is 1. The summed E-state index contributed by atoms with van der Waals surface area (Å²) < 4.78 is 7.28. The van der Waals surface area contributed by atoms with Gasteiger partial charge in [0.05, 0.1) is 6.26 Å². The van der Waals surface area contributed by atoms with E-state index in [9.17, 15) is 0 Å². The molecule has 0 radical (unpaired) electrons. The third-order valence-electron chi connectivity index (χ3n) is 3.98. The van der Waals surface area contributed by atoms with Crippen LogP contribution in [0.25, 0.3) is 17.5 Å². The lowest BCUT2D eigenvalue weighted by Crippen LogP contribution is -2.21. The van der Waals surface area contributed by atoms with E-state index < -0.39 is 0 Å². The number of nitrogens with one attached hydrogen (secondary N) is 1. The third kappa shape index (κ3) is 4.00. The van der Waals surface area contributed by atoms with Crippen LogP contribution in [0.2, 0.25) is 0 Å². The summed E-state index contributed by atoms with van der Waals surface area (Å²) >= 11 is 5.29. The molecule has 2 aromatic heterocycles. The van der Waals surface area contributed by atoms with Gasteiger partial charge in [-0.25, -0.2) is 5.10 Å². The monoisotopic (exact) mass is 367 g/mol. The summed E-state index contributed by atoms with van der Waals surface area (Å²) in [7, 11) is 0. The molecule has 0 unspecified atom stereocenters. The topological polar surface area (TPSA) is 62.4 Å². The van der Waals surface area contributed by atoms with E-state index in [1.807, 2.05) is 30.3 Å². The van der Waals surface area contributed by atoms with Crippen LogP contribution in [-0.2, 0) is 0 Å². The van der Waals surface area contributed by atoms with Gasteiger partial charge < -0.3 is 9.32 Å². The molecule has 134 valence electrons. The summed E-state index contributed by atoms with van der Waals surface area (Å²) in [6.45, 7) is 6.24. The number of aromatic amines is 1. The second-order valence-corrected chi connectivity index (χ2v) is 5.91. The van der Waals surface area contributed by atoms with Crippen LogP contribution in [-0.4, -0.2) is 34.2 Å². The van der Waals surface area contributed by atoms with Gasteiger partial charge in [0.15, 0.2) is 5.82 Å². The molecule has 6 nitrogen and oxygen atoms in total. The predicted octanol–water partition coefficient (Wildman–Crippen LogP) is 4.59. The van der Waals surface area contributed by atoms with Gasteiger partial charge in [-0.2, -0.15) is 14.9 Å². The minimum atomic E-state index is 0.440. The summed E-state index contributed by atoms with van der Waals surface area (Å²) in [5.74, 6) is 1.43. The number of benzene rings is 1. The average molecular weight is 367 g/mol. The van der Waals surface area contributed by atoms with Gasteiger partial charge in [0.1, 0.15) is 5.76 Å². The molecular formula is C19H21N5OS. The molecule has 0 aliphatic heterocycles. The van der Waals surface area contributed by atoms with Gasteiger partial charge >= 0.3 is 0 Å². The second-order valence-electron chi connectivity index (χ2n) is 5.52. The standard InChI is InChI=1S/C19H21N5OS/c1-3-23(4-2)16-11-9-15(10-12-16)18-21-22-19(26)24(18)20-13-5-7-17-8-6-14-25-17/h5-14H,3-4H2,1-2H3,(H,22,26). The molecule has 0 aliphatic carbocycles. The van der Waals surface area contributed by atoms with Gasteiger partial charge in [-0.05, 0) is 74.6 Å². The molecule has 7 heteroatoms. The van der Waals surface area contributed by atoms with E-state index in [1.165, 1.54) is 5.69 Å². The molecule has 2 heterocycles. The summed E-state index contributed by atoms with van der Waals surface area (Å²) in [4.78, 5) is 2.29. The molecule has 1 N–H and O–H groups in total. The lowest BCUT2D eigenvalue weighted by molar-refractivity contribution is 0.557. The minimum absolute atomic E-state index is 0.440. The lowest BCUT2D eigenvalue weighted by atomic mass is 10.2. The molecule has 0 fully saturated rings. The average Bonchev–Trinajstić information content (AvgIpc) is 3.31. The van der Waals surface area contributed by atoms with Gasteiger partial charge in [-0.1, -0.05) is 0 Å². The Labute approximate surface area is 157 Å². The van der Waals surface area contributed by atoms with Crippen LogP contribution in [0.4, 0.5) is 5.69 Å². The normalized spacial score (nSPS) is 11.6. The number of rotatable bonds is 7. The Bertz CT molecular complexity index is 931. The molecule has 0 spiro atoms. The molecule has 0 amide bonds. The van der Waals surface area contributed by atoms with Crippen LogP contribution in [0.1, 0.15) is 19.6 Å². The maximum atomic E-state index is 5.29. The summed E-state index contributed by atoms with van der Waals surface area (Å²) in [5, 5.41) is 11.5. The highest BCUT2D eigenvalue weighted by molar-refractivity contribution is 7.71. The highest BCUT2D eigenvalue weighted by atomic mass is 32.1. The number of hydrogen-bond donors (Lipinski definition) is 1. The molecule has 3 aromatic rings. The van der Waals surface area contributed by atoms with E-state index >= 15 is 0 Å². The van der Waals surface area contributed by atoms with Gasteiger partial charge in [0.2, 0.25) is 4.77 Å². The van der Waals surface area contributed by atoms with Crippen molar-refractivity contribution in [2.24, 2.45) is 5.10 Å². The molecular weight excluding hydrogens is 346 g/mol. The van der Waals surface area contributed by atoms with E-state index in [0.717, 1.165) is 24.4 Å². The summed E-state index contributed by atoms with van der Waals surface area (Å²) in [5.41, 5.74) is 2.13. The molecule has 0 bridgehead atoms. The Morgan fingerprint density at radius 3 is 2.65 bits per heavy atom. The smallest absolute Gasteiger partial charge is 0.216 e. The van der Waals surface area contributed by atoms with Crippen molar-refractivity contribution in [2.75, 3.05) is 18.0 Å². The Balaban J connectivity index is 1.82.